The highest BCUT2D eigenvalue weighted by Crippen LogP contribution is 2.28. The number of thiophene rings is 1. The molecule has 1 aromatic carbocycles. The van der Waals surface area contributed by atoms with E-state index in [9.17, 15) is 0 Å². The van der Waals surface area contributed by atoms with Crippen LogP contribution in [-0.4, -0.2) is 46.8 Å². The molecule has 3 aromatic heterocycles. The van der Waals surface area contributed by atoms with Gasteiger partial charge in [-0.15, -0.1) is 11.3 Å². The summed E-state index contributed by atoms with van der Waals surface area (Å²) < 4.78 is 10.4. The summed E-state index contributed by atoms with van der Waals surface area (Å²) in [5, 5.41) is 3.13. The maximum absolute atomic E-state index is 5.45. The van der Waals surface area contributed by atoms with Crippen molar-refractivity contribution in [3.8, 4) is 28.4 Å². The highest BCUT2D eigenvalue weighted by molar-refractivity contribution is 7.10. The number of aromatic nitrogens is 3. The van der Waals surface area contributed by atoms with Crippen molar-refractivity contribution in [2.24, 2.45) is 0 Å². The lowest BCUT2D eigenvalue weighted by Gasteiger charge is -2.25. The minimum atomic E-state index is 0.223. The highest BCUT2D eigenvalue weighted by atomic mass is 32.1. The minimum absolute atomic E-state index is 0.223. The summed E-state index contributed by atoms with van der Waals surface area (Å²) in [5.41, 5.74) is 3.73. The van der Waals surface area contributed by atoms with E-state index in [2.05, 4.69) is 27.4 Å². The SMILES string of the molecule is COCOc1ccc(-c2ncc3ccc(-c4csc(CN5CCCCC5)c4)nc3n2)cc1. The van der Waals surface area contributed by atoms with Gasteiger partial charge in [0.05, 0.1) is 5.69 Å². The Morgan fingerprint density at radius 3 is 2.62 bits per heavy atom. The normalized spacial score (nSPS) is 14.7. The first-order valence-corrected chi connectivity index (χ1v) is 11.8. The van der Waals surface area contributed by atoms with Crippen molar-refractivity contribution in [2.45, 2.75) is 25.8 Å². The van der Waals surface area contributed by atoms with Crippen molar-refractivity contribution in [3.63, 3.8) is 0 Å². The number of ether oxygens (including phenoxy) is 2. The molecule has 0 spiro atoms. The molecule has 164 valence electrons. The van der Waals surface area contributed by atoms with Gasteiger partial charge in [-0.1, -0.05) is 6.42 Å². The summed E-state index contributed by atoms with van der Waals surface area (Å²) >= 11 is 1.82. The second-order valence-electron chi connectivity index (χ2n) is 8.02. The van der Waals surface area contributed by atoms with Crippen LogP contribution in [0, 0.1) is 0 Å². The van der Waals surface area contributed by atoms with Gasteiger partial charge in [0.1, 0.15) is 5.75 Å². The molecule has 7 heteroatoms. The maximum Gasteiger partial charge on any atom is 0.188 e. The van der Waals surface area contributed by atoms with Crippen molar-refractivity contribution in [3.05, 3.63) is 58.9 Å². The van der Waals surface area contributed by atoms with E-state index < -0.39 is 0 Å². The zero-order chi connectivity index (χ0) is 21.8. The van der Waals surface area contributed by atoms with E-state index in [0.717, 1.165) is 34.5 Å². The fourth-order valence-electron chi connectivity index (χ4n) is 3.97. The average Bonchev–Trinajstić information content (AvgIpc) is 3.31. The van der Waals surface area contributed by atoms with Crippen molar-refractivity contribution in [2.75, 3.05) is 27.0 Å². The van der Waals surface area contributed by atoms with E-state index >= 15 is 0 Å². The fourth-order valence-corrected chi connectivity index (χ4v) is 4.89. The Hall–Kier alpha value is -2.87. The van der Waals surface area contributed by atoms with Gasteiger partial charge in [-0.05, 0) is 68.4 Å². The Bertz CT molecular complexity index is 1190. The predicted octanol–water partition coefficient (Wildman–Crippen LogP) is 5.39. The number of nitrogens with zero attached hydrogens (tertiary/aromatic N) is 4. The van der Waals surface area contributed by atoms with E-state index in [1.165, 1.54) is 37.2 Å². The van der Waals surface area contributed by atoms with Crippen LogP contribution in [0.3, 0.4) is 0 Å². The van der Waals surface area contributed by atoms with Crippen LogP contribution in [0.15, 0.2) is 54.0 Å². The number of methoxy groups -OCH3 is 1. The zero-order valence-electron chi connectivity index (χ0n) is 18.2. The first-order chi connectivity index (χ1) is 15.8. The van der Waals surface area contributed by atoms with Crippen LogP contribution in [0.1, 0.15) is 24.1 Å². The Morgan fingerprint density at radius 2 is 1.81 bits per heavy atom. The van der Waals surface area contributed by atoms with Gasteiger partial charge in [-0.3, -0.25) is 4.90 Å². The molecule has 4 aromatic rings. The topological polar surface area (TPSA) is 60.4 Å². The number of likely N-dealkylation sites (tertiary alicyclic amines) is 1. The largest absolute Gasteiger partial charge is 0.468 e. The van der Waals surface area contributed by atoms with E-state index in [1.54, 1.807) is 7.11 Å². The van der Waals surface area contributed by atoms with Gasteiger partial charge < -0.3 is 9.47 Å². The number of fused-ring (bicyclic) bond motifs is 1. The molecule has 0 radical (unpaired) electrons. The van der Waals surface area contributed by atoms with Crippen LogP contribution in [0.2, 0.25) is 0 Å². The molecule has 32 heavy (non-hydrogen) atoms. The standard InChI is InChI=1S/C25H26N4O2S/c1-30-17-31-21-8-5-18(6-9-21)24-26-14-19-7-10-23(27-25(19)28-24)20-13-22(32-16-20)15-29-11-3-2-4-12-29/h5-10,13-14,16H,2-4,11-12,15,17H2,1H3. The molecule has 0 saturated carbocycles. The van der Waals surface area contributed by atoms with Crippen LogP contribution in [0.5, 0.6) is 5.75 Å². The first kappa shape index (κ1) is 21.0. The van der Waals surface area contributed by atoms with E-state index in [-0.39, 0.29) is 6.79 Å². The number of hydrogen-bond donors (Lipinski definition) is 0. The molecule has 0 unspecified atom stereocenters. The molecule has 1 aliphatic rings. The zero-order valence-corrected chi connectivity index (χ0v) is 19.0. The molecule has 0 amide bonds. The molecule has 5 rings (SSSR count). The first-order valence-electron chi connectivity index (χ1n) is 10.9. The van der Waals surface area contributed by atoms with E-state index in [4.69, 9.17) is 19.4 Å². The third-order valence-corrected chi connectivity index (χ3v) is 6.60. The van der Waals surface area contributed by atoms with Crippen molar-refractivity contribution >= 4 is 22.4 Å². The second kappa shape index (κ2) is 9.73. The number of benzene rings is 1. The Morgan fingerprint density at radius 1 is 0.969 bits per heavy atom. The third-order valence-electron chi connectivity index (χ3n) is 5.68. The molecular weight excluding hydrogens is 420 g/mol. The van der Waals surface area contributed by atoms with Gasteiger partial charge in [0.2, 0.25) is 0 Å². The van der Waals surface area contributed by atoms with Gasteiger partial charge in [-0.2, -0.15) is 0 Å². The summed E-state index contributed by atoms with van der Waals surface area (Å²) in [6.07, 6.45) is 5.83. The lowest BCUT2D eigenvalue weighted by atomic mass is 10.1. The van der Waals surface area contributed by atoms with Gasteiger partial charge in [0, 0.05) is 46.6 Å². The molecule has 4 heterocycles. The summed E-state index contributed by atoms with van der Waals surface area (Å²) in [6, 6.07) is 14.0. The fraction of sp³-hybridized carbons (Fsp3) is 0.320. The molecule has 1 saturated heterocycles. The van der Waals surface area contributed by atoms with Crippen LogP contribution < -0.4 is 4.74 Å². The maximum atomic E-state index is 5.45. The molecule has 1 aliphatic heterocycles. The summed E-state index contributed by atoms with van der Waals surface area (Å²) in [4.78, 5) is 18.0. The summed E-state index contributed by atoms with van der Waals surface area (Å²) in [6.45, 7) is 3.68. The molecule has 1 fully saturated rings. The van der Waals surface area contributed by atoms with E-state index in [1.807, 2.05) is 47.9 Å². The van der Waals surface area contributed by atoms with Gasteiger partial charge in [-0.25, -0.2) is 15.0 Å². The van der Waals surface area contributed by atoms with Gasteiger partial charge in [0.25, 0.3) is 0 Å². The number of pyridine rings is 1. The lowest BCUT2D eigenvalue weighted by molar-refractivity contribution is 0.0511. The average molecular weight is 447 g/mol. The third kappa shape index (κ3) is 4.80. The van der Waals surface area contributed by atoms with Crippen LogP contribution in [0.25, 0.3) is 33.7 Å². The lowest BCUT2D eigenvalue weighted by Crippen LogP contribution is -2.28. The number of piperidine rings is 1. The van der Waals surface area contributed by atoms with Crippen LogP contribution >= 0.6 is 11.3 Å². The Labute approximate surface area is 191 Å². The molecule has 0 atom stereocenters. The quantitative estimate of drug-likeness (QED) is 0.355. The van der Waals surface area contributed by atoms with Gasteiger partial charge in [0.15, 0.2) is 18.3 Å². The van der Waals surface area contributed by atoms with Crippen LogP contribution in [0.4, 0.5) is 0 Å². The molecular formula is C25H26N4O2S. The van der Waals surface area contributed by atoms with E-state index in [0.29, 0.717) is 11.5 Å². The Balaban J connectivity index is 1.36. The van der Waals surface area contributed by atoms with Crippen molar-refractivity contribution in [1.82, 2.24) is 19.9 Å². The summed E-state index contributed by atoms with van der Waals surface area (Å²) in [5.74, 6) is 1.39. The number of hydrogen-bond acceptors (Lipinski definition) is 7. The molecule has 0 N–H and O–H groups in total. The summed E-state index contributed by atoms with van der Waals surface area (Å²) in [7, 11) is 1.60. The monoisotopic (exact) mass is 446 g/mol. The predicted molar refractivity (Wildman–Crippen MR) is 128 cm³/mol. The smallest absolute Gasteiger partial charge is 0.188 e. The van der Waals surface area contributed by atoms with Crippen LogP contribution in [-0.2, 0) is 11.3 Å². The molecule has 6 nitrogen and oxygen atoms in total. The second-order valence-corrected chi connectivity index (χ2v) is 9.01. The van der Waals surface area contributed by atoms with Crippen molar-refractivity contribution in [1.29, 1.82) is 0 Å². The number of rotatable bonds is 7. The Kier molecular flexibility index (Phi) is 6.39. The van der Waals surface area contributed by atoms with Gasteiger partial charge >= 0.3 is 0 Å². The highest BCUT2D eigenvalue weighted by Gasteiger charge is 2.13. The molecule has 0 aliphatic carbocycles. The molecule has 0 bridgehead atoms. The minimum Gasteiger partial charge on any atom is -0.468 e. The van der Waals surface area contributed by atoms with Crippen molar-refractivity contribution < 1.29 is 9.47 Å².